The number of nitrogens with one attached hydrogen (secondary N) is 1. The molecular weight excluding hydrogens is 182 g/mol. The molecule has 15 heavy (non-hydrogen) atoms. The number of rotatable bonds is 3. The highest BCUT2D eigenvalue weighted by Gasteiger charge is 2.44. The van der Waals surface area contributed by atoms with Crippen molar-refractivity contribution < 1.29 is 0 Å². The Balaban J connectivity index is 1.92. The van der Waals surface area contributed by atoms with Gasteiger partial charge in [0.25, 0.3) is 0 Å². The van der Waals surface area contributed by atoms with E-state index in [1.807, 2.05) is 0 Å². The summed E-state index contributed by atoms with van der Waals surface area (Å²) in [5.41, 5.74) is 1.13. The van der Waals surface area contributed by atoms with E-state index in [2.05, 4.69) is 33.0 Å². The van der Waals surface area contributed by atoms with Crippen LogP contribution in [0.2, 0.25) is 0 Å². The minimum Gasteiger partial charge on any atom is -0.310 e. The fourth-order valence-corrected chi connectivity index (χ4v) is 2.94. The van der Waals surface area contributed by atoms with Gasteiger partial charge in [0.2, 0.25) is 0 Å². The second-order valence-electron chi connectivity index (χ2n) is 6.83. The highest BCUT2D eigenvalue weighted by molar-refractivity contribution is 4.99. The molecule has 0 bridgehead atoms. The summed E-state index contributed by atoms with van der Waals surface area (Å²) in [6.45, 7) is 9.69. The van der Waals surface area contributed by atoms with Crippen LogP contribution in [0.4, 0.5) is 0 Å². The van der Waals surface area contributed by atoms with E-state index in [1.165, 1.54) is 38.5 Å². The van der Waals surface area contributed by atoms with E-state index < -0.39 is 0 Å². The zero-order chi connectivity index (χ0) is 11.1. The van der Waals surface area contributed by atoms with E-state index in [0.29, 0.717) is 16.9 Å². The predicted octanol–water partition coefficient (Wildman–Crippen LogP) is 3.73. The van der Waals surface area contributed by atoms with Gasteiger partial charge in [-0.1, -0.05) is 33.6 Å². The highest BCUT2D eigenvalue weighted by atomic mass is 15.0. The molecule has 0 spiro atoms. The van der Waals surface area contributed by atoms with Crippen molar-refractivity contribution in [1.82, 2.24) is 5.32 Å². The average Bonchev–Trinajstić information content (AvgIpc) is 2.89. The van der Waals surface area contributed by atoms with Gasteiger partial charge in [-0.15, -0.1) is 0 Å². The molecule has 0 heterocycles. The minimum atomic E-state index is 0.512. The summed E-state index contributed by atoms with van der Waals surface area (Å²) in [4.78, 5) is 0. The van der Waals surface area contributed by atoms with Crippen molar-refractivity contribution in [2.75, 3.05) is 0 Å². The van der Waals surface area contributed by atoms with Crippen LogP contribution in [0.5, 0.6) is 0 Å². The first kappa shape index (κ1) is 11.4. The van der Waals surface area contributed by atoms with E-state index in [-0.39, 0.29) is 0 Å². The molecule has 2 aliphatic rings. The summed E-state index contributed by atoms with van der Waals surface area (Å²) in [5.74, 6) is 0. The standard InChI is InChI=1S/C14H27N/c1-11(14(4)9-10-14)15-12-7-5-6-8-13(12,2)3/h11-12,15H,5-10H2,1-4H3. The maximum atomic E-state index is 3.91. The monoisotopic (exact) mass is 209 g/mol. The van der Waals surface area contributed by atoms with Crippen LogP contribution < -0.4 is 5.32 Å². The molecule has 0 aromatic rings. The van der Waals surface area contributed by atoms with E-state index in [1.54, 1.807) is 0 Å². The fourth-order valence-electron chi connectivity index (χ4n) is 2.94. The Morgan fingerprint density at radius 1 is 1.07 bits per heavy atom. The Hall–Kier alpha value is -0.0400. The van der Waals surface area contributed by atoms with Crippen LogP contribution in [0.3, 0.4) is 0 Å². The van der Waals surface area contributed by atoms with Gasteiger partial charge >= 0.3 is 0 Å². The van der Waals surface area contributed by atoms with Gasteiger partial charge in [0.15, 0.2) is 0 Å². The molecule has 0 aromatic carbocycles. The summed E-state index contributed by atoms with van der Waals surface area (Å²) in [6, 6.07) is 1.46. The molecule has 0 radical (unpaired) electrons. The second-order valence-corrected chi connectivity index (χ2v) is 6.83. The highest BCUT2D eigenvalue weighted by Crippen LogP contribution is 2.49. The topological polar surface area (TPSA) is 12.0 Å². The third kappa shape index (κ3) is 2.38. The van der Waals surface area contributed by atoms with Crippen LogP contribution in [0, 0.1) is 10.8 Å². The van der Waals surface area contributed by atoms with Crippen molar-refractivity contribution >= 4 is 0 Å². The van der Waals surface area contributed by atoms with Crippen molar-refractivity contribution in [3.63, 3.8) is 0 Å². The fraction of sp³-hybridized carbons (Fsp3) is 1.00. The Morgan fingerprint density at radius 3 is 2.27 bits per heavy atom. The molecule has 2 aliphatic carbocycles. The smallest absolute Gasteiger partial charge is 0.0121 e. The van der Waals surface area contributed by atoms with E-state index in [4.69, 9.17) is 0 Å². The Labute approximate surface area is 95.0 Å². The minimum absolute atomic E-state index is 0.512. The van der Waals surface area contributed by atoms with Gasteiger partial charge in [-0.2, -0.15) is 0 Å². The van der Waals surface area contributed by atoms with E-state index >= 15 is 0 Å². The first-order chi connectivity index (χ1) is 6.94. The summed E-state index contributed by atoms with van der Waals surface area (Å²) >= 11 is 0. The lowest BCUT2D eigenvalue weighted by molar-refractivity contribution is 0.144. The van der Waals surface area contributed by atoms with Gasteiger partial charge in [0.05, 0.1) is 0 Å². The molecule has 2 fully saturated rings. The third-order valence-corrected chi connectivity index (χ3v) is 5.04. The summed E-state index contributed by atoms with van der Waals surface area (Å²) in [7, 11) is 0. The quantitative estimate of drug-likeness (QED) is 0.747. The van der Waals surface area contributed by atoms with E-state index in [9.17, 15) is 0 Å². The molecule has 1 nitrogen and oxygen atoms in total. The van der Waals surface area contributed by atoms with Crippen LogP contribution in [0.25, 0.3) is 0 Å². The van der Waals surface area contributed by atoms with Crippen molar-refractivity contribution in [2.24, 2.45) is 10.8 Å². The molecule has 88 valence electrons. The van der Waals surface area contributed by atoms with Gasteiger partial charge in [-0.25, -0.2) is 0 Å². The molecule has 0 amide bonds. The summed E-state index contributed by atoms with van der Waals surface area (Å²) < 4.78 is 0. The van der Waals surface area contributed by atoms with E-state index in [0.717, 1.165) is 6.04 Å². The molecule has 0 saturated heterocycles. The zero-order valence-corrected chi connectivity index (χ0v) is 10.9. The Morgan fingerprint density at radius 2 is 1.73 bits per heavy atom. The van der Waals surface area contributed by atoms with Gasteiger partial charge < -0.3 is 5.32 Å². The SMILES string of the molecule is CC(NC1CCCCC1(C)C)C1(C)CC1. The van der Waals surface area contributed by atoms with Gasteiger partial charge in [0.1, 0.15) is 0 Å². The van der Waals surface area contributed by atoms with Gasteiger partial charge in [-0.3, -0.25) is 0 Å². The Kier molecular flexibility index (Phi) is 2.87. The number of hydrogen-bond donors (Lipinski definition) is 1. The van der Waals surface area contributed by atoms with Crippen molar-refractivity contribution in [1.29, 1.82) is 0 Å². The van der Waals surface area contributed by atoms with Crippen molar-refractivity contribution in [3.8, 4) is 0 Å². The van der Waals surface area contributed by atoms with Crippen LogP contribution in [0.1, 0.15) is 66.2 Å². The van der Waals surface area contributed by atoms with Crippen molar-refractivity contribution in [2.45, 2.75) is 78.3 Å². The molecule has 0 aliphatic heterocycles. The molecule has 2 atom stereocenters. The largest absolute Gasteiger partial charge is 0.310 e. The number of hydrogen-bond acceptors (Lipinski definition) is 1. The molecule has 0 aromatic heterocycles. The molecule has 2 rings (SSSR count). The summed E-state index contributed by atoms with van der Waals surface area (Å²) in [6.07, 6.45) is 8.48. The maximum Gasteiger partial charge on any atom is 0.0121 e. The molecular formula is C14H27N. The predicted molar refractivity (Wildman–Crippen MR) is 66.0 cm³/mol. The molecule has 1 N–H and O–H groups in total. The van der Waals surface area contributed by atoms with Gasteiger partial charge in [0, 0.05) is 12.1 Å². The lowest BCUT2D eigenvalue weighted by Gasteiger charge is -2.42. The molecule has 1 heteroatoms. The summed E-state index contributed by atoms with van der Waals surface area (Å²) in [5, 5.41) is 3.91. The third-order valence-electron chi connectivity index (χ3n) is 5.04. The van der Waals surface area contributed by atoms with Crippen LogP contribution in [0.15, 0.2) is 0 Å². The normalized spacial score (nSPS) is 34.8. The van der Waals surface area contributed by atoms with Crippen LogP contribution in [-0.4, -0.2) is 12.1 Å². The van der Waals surface area contributed by atoms with Crippen LogP contribution in [-0.2, 0) is 0 Å². The lowest BCUT2D eigenvalue weighted by Crippen LogP contribution is -2.49. The zero-order valence-electron chi connectivity index (χ0n) is 10.9. The first-order valence-corrected chi connectivity index (χ1v) is 6.70. The molecule has 2 saturated carbocycles. The Bertz CT molecular complexity index is 227. The first-order valence-electron chi connectivity index (χ1n) is 6.70. The lowest BCUT2D eigenvalue weighted by atomic mass is 9.73. The van der Waals surface area contributed by atoms with Gasteiger partial charge in [-0.05, 0) is 43.4 Å². The second kappa shape index (κ2) is 3.76. The van der Waals surface area contributed by atoms with Crippen LogP contribution >= 0.6 is 0 Å². The average molecular weight is 209 g/mol. The molecule has 2 unspecified atom stereocenters. The van der Waals surface area contributed by atoms with Crippen molar-refractivity contribution in [3.05, 3.63) is 0 Å². The maximum absolute atomic E-state index is 3.91.